The van der Waals surface area contributed by atoms with E-state index in [1.165, 1.54) is 98.6 Å². The van der Waals surface area contributed by atoms with E-state index in [1.54, 1.807) is 0 Å². The lowest BCUT2D eigenvalue weighted by atomic mass is 9.86. The van der Waals surface area contributed by atoms with Crippen molar-refractivity contribution in [3.8, 4) is 50.2 Å². The van der Waals surface area contributed by atoms with Crippen molar-refractivity contribution in [2.45, 2.75) is 0 Å². The molecule has 0 atom stereocenters. The van der Waals surface area contributed by atoms with Crippen molar-refractivity contribution in [3.63, 3.8) is 0 Å². The van der Waals surface area contributed by atoms with Crippen LogP contribution in [0.1, 0.15) is 0 Å². The molecule has 13 aromatic rings. The average Bonchev–Trinajstić information content (AvgIpc) is 3.75. The zero-order valence-electron chi connectivity index (χ0n) is 37.3. The van der Waals surface area contributed by atoms with E-state index in [-0.39, 0.29) is 0 Å². The predicted molar refractivity (Wildman–Crippen MR) is 290 cm³/mol. The molecule has 0 aliphatic heterocycles. The van der Waals surface area contributed by atoms with Gasteiger partial charge in [-0.3, -0.25) is 0 Å². The van der Waals surface area contributed by atoms with Crippen LogP contribution in [0.15, 0.2) is 267 Å². The number of nitrogens with zero attached hydrogens (tertiary/aromatic N) is 2. The molecule has 0 aliphatic rings. The Balaban J connectivity index is 0.959. The number of fused-ring (bicyclic) bond motifs is 6. The van der Waals surface area contributed by atoms with E-state index < -0.39 is 0 Å². The SMILES string of the molecule is c1ccc(-c2c3ccccc3c(-c3ccc(N(c4ccc(-c5ccc6c(c5)c5ccccc5n6-c5ccccc5)cc4)c4ccccc4-c4cccc5ccccc45)cc3)c3ccccc23)cc1. The first kappa shape index (κ1) is 39.4. The van der Waals surface area contributed by atoms with Crippen molar-refractivity contribution < 1.29 is 0 Å². The van der Waals surface area contributed by atoms with Crippen molar-refractivity contribution in [2.75, 3.05) is 4.90 Å². The van der Waals surface area contributed by atoms with E-state index in [0.717, 1.165) is 22.7 Å². The second kappa shape index (κ2) is 16.5. The van der Waals surface area contributed by atoms with Crippen LogP contribution in [0.3, 0.4) is 0 Å². The van der Waals surface area contributed by atoms with E-state index in [9.17, 15) is 0 Å². The third-order valence-corrected chi connectivity index (χ3v) is 13.8. The summed E-state index contributed by atoms with van der Waals surface area (Å²) >= 11 is 0. The van der Waals surface area contributed by atoms with Crippen LogP contribution in [-0.2, 0) is 0 Å². The van der Waals surface area contributed by atoms with Gasteiger partial charge in [-0.25, -0.2) is 0 Å². The quantitative estimate of drug-likeness (QED) is 0.138. The predicted octanol–water partition coefficient (Wildman–Crippen LogP) is 18.4. The molecule has 0 bridgehead atoms. The van der Waals surface area contributed by atoms with Gasteiger partial charge in [0.05, 0.1) is 16.7 Å². The lowest BCUT2D eigenvalue weighted by Crippen LogP contribution is -2.11. The van der Waals surface area contributed by atoms with Gasteiger partial charge in [0.1, 0.15) is 0 Å². The molecule has 318 valence electrons. The maximum atomic E-state index is 2.43. The van der Waals surface area contributed by atoms with Gasteiger partial charge >= 0.3 is 0 Å². The minimum atomic E-state index is 1.08. The Bertz CT molecular complexity index is 3940. The number of para-hydroxylation sites is 3. The van der Waals surface area contributed by atoms with Gasteiger partial charge in [-0.15, -0.1) is 0 Å². The van der Waals surface area contributed by atoms with Crippen LogP contribution in [0.25, 0.3) is 104 Å². The highest BCUT2D eigenvalue weighted by Gasteiger charge is 2.21. The third-order valence-electron chi connectivity index (χ3n) is 13.8. The van der Waals surface area contributed by atoms with Crippen LogP contribution in [0.4, 0.5) is 17.1 Å². The zero-order chi connectivity index (χ0) is 45.0. The van der Waals surface area contributed by atoms with Crippen molar-refractivity contribution in [1.29, 1.82) is 0 Å². The molecular weight excluding hydrogens is 821 g/mol. The second-order valence-corrected chi connectivity index (χ2v) is 17.6. The van der Waals surface area contributed by atoms with Crippen LogP contribution in [0.2, 0.25) is 0 Å². The number of aromatic nitrogens is 1. The number of rotatable bonds is 8. The van der Waals surface area contributed by atoms with E-state index in [2.05, 4.69) is 276 Å². The molecule has 0 unspecified atom stereocenters. The number of benzene rings is 12. The van der Waals surface area contributed by atoms with Gasteiger partial charge in [0.25, 0.3) is 0 Å². The molecule has 2 nitrogen and oxygen atoms in total. The van der Waals surface area contributed by atoms with Gasteiger partial charge in [0, 0.05) is 33.4 Å². The maximum absolute atomic E-state index is 2.43. The summed E-state index contributed by atoms with van der Waals surface area (Å²) in [5.74, 6) is 0. The Morgan fingerprint density at radius 3 is 1.38 bits per heavy atom. The number of anilines is 3. The van der Waals surface area contributed by atoms with Crippen LogP contribution >= 0.6 is 0 Å². The lowest BCUT2D eigenvalue weighted by Gasteiger charge is -2.28. The highest BCUT2D eigenvalue weighted by Crippen LogP contribution is 2.47. The maximum Gasteiger partial charge on any atom is 0.0541 e. The summed E-state index contributed by atoms with van der Waals surface area (Å²) in [5, 5.41) is 9.94. The summed E-state index contributed by atoms with van der Waals surface area (Å²) in [4.78, 5) is 2.43. The minimum absolute atomic E-state index is 1.08. The second-order valence-electron chi connectivity index (χ2n) is 17.6. The van der Waals surface area contributed by atoms with Crippen LogP contribution in [-0.4, -0.2) is 4.57 Å². The summed E-state index contributed by atoms with van der Waals surface area (Å²) in [6, 6.07) is 97.4. The highest BCUT2D eigenvalue weighted by atomic mass is 15.1. The van der Waals surface area contributed by atoms with Crippen LogP contribution in [0.5, 0.6) is 0 Å². The Labute approximate surface area is 395 Å². The molecule has 2 heteroatoms. The number of hydrogen-bond donors (Lipinski definition) is 0. The van der Waals surface area contributed by atoms with Gasteiger partial charge in [0.15, 0.2) is 0 Å². The van der Waals surface area contributed by atoms with Crippen molar-refractivity contribution in [3.05, 3.63) is 267 Å². The standard InChI is InChI=1S/C66H44N2/c1-3-19-47(20-4-1)65-57-27-9-11-29-59(57)66(60-30-12-10-28-58(60)65)48-36-41-52(42-37-48)67(62-32-15-13-25-55(62)54-31-17-21-46-18-7-8-24-53(46)54)51-39-34-45(35-40-51)49-38-43-64-61(44-49)56-26-14-16-33-63(56)68(64)50-22-5-2-6-23-50/h1-44H. The molecule has 0 saturated heterocycles. The molecule has 12 aromatic carbocycles. The largest absolute Gasteiger partial charge is 0.310 e. The molecule has 1 aromatic heterocycles. The smallest absolute Gasteiger partial charge is 0.0541 e. The normalized spacial score (nSPS) is 11.5. The molecule has 0 amide bonds. The summed E-state index contributed by atoms with van der Waals surface area (Å²) in [5.41, 5.74) is 16.5. The lowest BCUT2D eigenvalue weighted by molar-refractivity contribution is 1.18. The average molecular weight is 865 g/mol. The van der Waals surface area contributed by atoms with E-state index in [4.69, 9.17) is 0 Å². The Kier molecular flexibility index (Phi) is 9.54. The molecule has 0 N–H and O–H groups in total. The van der Waals surface area contributed by atoms with Crippen molar-refractivity contribution in [1.82, 2.24) is 4.57 Å². The Morgan fingerprint density at radius 1 is 0.265 bits per heavy atom. The summed E-state index contributed by atoms with van der Waals surface area (Å²) in [6.45, 7) is 0. The Hall–Kier alpha value is -8.98. The van der Waals surface area contributed by atoms with Crippen molar-refractivity contribution >= 4 is 71.2 Å². The molecule has 0 radical (unpaired) electrons. The summed E-state index contributed by atoms with van der Waals surface area (Å²) in [7, 11) is 0. The van der Waals surface area contributed by atoms with Gasteiger partial charge in [-0.2, -0.15) is 0 Å². The van der Waals surface area contributed by atoms with Crippen LogP contribution in [0, 0.1) is 0 Å². The van der Waals surface area contributed by atoms with Gasteiger partial charge in [-0.1, -0.05) is 206 Å². The van der Waals surface area contributed by atoms with Gasteiger partial charge < -0.3 is 9.47 Å². The van der Waals surface area contributed by atoms with Gasteiger partial charge in [0.2, 0.25) is 0 Å². The monoisotopic (exact) mass is 864 g/mol. The molecule has 0 aliphatic carbocycles. The fourth-order valence-electron chi connectivity index (χ4n) is 10.7. The molecular formula is C66H44N2. The molecule has 0 fully saturated rings. The molecule has 1 heterocycles. The first-order valence-electron chi connectivity index (χ1n) is 23.4. The van der Waals surface area contributed by atoms with E-state index in [1.807, 2.05) is 0 Å². The van der Waals surface area contributed by atoms with E-state index >= 15 is 0 Å². The fourth-order valence-corrected chi connectivity index (χ4v) is 10.7. The Morgan fingerprint density at radius 2 is 0.721 bits per heavy atom. The summed E-state index contributed by atoms with van der Waals surface area (Å²) < 4.78 is 2.37. The first-order chi connectivity index (χ1) is 33.8. The molecule has 0 spiro atoms. The summed E-state index contributed by atoms with van der Waals surface area (Å²) in [6.07, 6.45) is 0. The topological polar surface area (TPSA) is 8.17 Å². The number of hydrogen-bond acceptors (Lipinski definition) is 1. The molecule has 0 saturated carbocycles. The van der Waals surface area contributed by atoms with Crippen molar-refractivity contribution in [2.24, 2.45) is 0 Å². The molecule has 68 heavy (non-hydrogen) atoms. The van der Waals surface area contributed by atoms with E-state index in [0.29, 0.717) is 0 Å². The van der Waals surface area contributed by atoms with Gasteiger partial charge in [-0.05, 0) is 132 Å². The fraction of sp³-hybridized carbons (Fsp3) is 0. The minimum Gasteiger partial charge on any atom is -0.310 e. The molecule has 13 rings (SSSR count). The zero-order valence-corrected chi connectivity index (χ0v) is 37.3. The highest BCUT2D eigenvalue weighted by molar-refractivity contribution is 6.21. The first-order valence-corrected chi connectivity index (χ1v) is 23.4. The van der Waals surface area contributed by atoms with Crippen LogP contribution < -0.4 is 4.90 Å². The third kappa shape index (κ3) is 6.57.